The maximum atomic E-state index is 12.6. The first-order chi connectivity index (χ1) is 11.5. The molecule has 2 atom stereocenters. The summed E-state index contributed by atoms with van der Waals surface area (Å²) in [5.74, 6) is -0.196. The number of H-pyrrole nitrogens is 1. The number of nitrogens with one attached hydrogen (secondary N) is 2. The summed E-state index contributed by atoms with van der Waals surface area (Å²) in [5.41, 5.74) is 1.79. The van der Waals surface area contributed by atoms with Crippen molar-refractivity contribution in [3.63, 3.8) is 0 Å². The van der Waals surface area contributed by atoms with Crippen LogP contribution >= 0.6 is 0 Å². The van der Waals surface area contributed by atoms with Crippen molar-refractivity contribution in [3.8, 4) is 0 Å². The molecule has 7 heteroatoms. The van der Waals surface area contributed by atoms with Gasteiger partial charge in [0, 0.05) is 25.3 Å². The first kappa shape index (κ1) is 16.7. The first-order valence-electron chi connectivity index (χ1n) is 8.17. The van der Waals surface area contributed by atoms with Gasteiger partial charge < -0.3 is 19.8 Å². The van der Waals surface area contributed by atoms with E-state index < -0.39 is 0 Å². The van der Waals surface area contributed by atoms with Gasteiger partial charge in [-0.15, -0.1) is 0 Å². The van der Waals surface area contributed by atoms with E-state index in [0.29, 0.717) is 18.8 Å². The van der Waals surface area contributed by atoms with Crippen LogP contribution in [0.5, 0.6) is 0 Å². The number of methoxy groups -OCH3 is 1. The lowest BCUT2D eigenvalue weighted by molar-refractivity contribution is -0.0349. The van der Waals surface area contributed by atoms with Gasteiger partial charge in [0.2, 0.25) is 0 Å². The summed E-state index contributed by atoms with van der Waals surface area (Å²) in [7, 11) is 1.64. The van der Waals surface area contributed by atoms with Gasteiger partial charge in [0.05, 0.1) is 29.8 Å². The second-order valence-corrected chi connectivity index (χ2v) is 6.34. The van der Waals surface area contributed by atoms with Crippen LogP contribution in [-0.2, 0) is 9.47 Å². The van der Waals surface area contributed by atoms with Crippen LogP contribution in [0.15, 0.2) is 23.0 Å². The maximum absolute atomic E-state index is 12.6. The Morgan fingerprint density at radius 2 is 2.25 bits per heavy atom. The van der Waals surface area contributed by atoms with E-state index in [1.807, 2.05) is 13.8 Å². The zero-order valence-corrected chi connectivity index (χ0v) is 14.2. The Kier molecular flexibility index (Phi) is 4.73. The highest BCUT2D eigenvalue weighted by Gasteiger charge is 2.27. The molecule has 0 spiro atoms. The van der Waals surface area contributed by atoms with Crippen molar-refractivity contribution in [2.75, 3.05) is 20.3 Å². The highest BCUT2D eigenvalue weighted by atomic mass is 16.5. The number of imidazole rings is 1. The number of carbonyl (C=O) groups excluding carboxylic acids is 1. The minimum Gasteiger partial charge on any atom is -0.379 e. The maximum Gasteiger partial charge on any atom is 0.326 e. The van der Waals surface area contributed by atoms with Crippen LogP contribution in [0, 0.1) is 0 Å². The monoisotopic (exact) mass is 333 g/mol. The van der Waals surface area contributed by atoms with Crippen LogP contribution in [0.3, 0.4) is 0 Å². The van der Waals surface area contributed by atoms with E-state index >= 15 is 0 Å². The molecular weight excluding hydrogens is 310 g/mol. The molecule has 1 aliphatic rings. The van der Waals surface area contributed by atoms with Crippen LogP contribution in [0.2, 0.25) is 0 Å². The number of fused-ring (bicyclic) bond motifs is 1. The van der Waals surface area contributed by atoms with Crippen LogP contribution in [-0.4, -0.2) is 47.9 Å². The van der Waals surface area contributed by atoms with E-state index in [1.54, 1.807) is 29.9 Å². The van der Waals surface area contributed by atoms with Gasteiger partial charge in [-0.1, -0.05) is 0 Å². The zero-order valence-electron chi connectivity index (χ0n) is 14.2. The Morgan fingerprint density at radius 3 is 2.96 bits per heavy atom. The van der Waals surface area contributed by atoms with Gasteiger partial charge >= 0.3 is 5.69 Å². The van der Waals surface area contributed by atoms with Crippen molar-refractivity contribution < 1.29 is 14.3 Å². The molecular formula is C17H23N3O4. The standard InChI is InChI=1S/C17H23N3O4/c1-10(2)20-14-8-11(4-5-12(14)19-17(20)22)16(21)18-13-9-24-7-6-15(13)23-3/h4-5,8,10,13,15H,6-7,9H2,1-3H3,(H,18,21)(H,19,22)/t13-,15-/m1/s1. The quantitative estimate of drug-likeness (QED) is 0.887. The van der Waals surface area contributed by atoms with Gasteiger partial charge in [-0.25, -0.2) is 4.79 Å². The van der Waals surface area contributed by atoms with Gasteiger partial charge in [-0.05, 0) is 38.5 Å². The van der Waals surface area contributed by atoms with Gasteiger partial charge in [-0.3, -0.25) is 9.36 Å². The van der Waals surface area contributed by atoms with Crippen LogP contribution in [0.1, 0.15) is 36.7 Å². The lowest BCUT2D eigenvalue weighted by Gasteiger charge is -2.31. The van der Waals surface area contributed by atoms with Crippen molar-refractivity contribution >= 4 is 16.9 Å². The Balaban J connectivity index is 1.87. The van der Waals surface area contributed by atoms with E-state index in [0.717, 1.165) is 17.5 Å². The number of nitrogens with zero attached hydrogens (tertiary/aromatic N) is 1. The van der Waals surface area contributed by atoms with E-state index in [-0.39, 0.29) is 29.8 Å². The molecule has 2 N–H and O–H groups in total. The van der Waals surface area contributed by atoms with Gasteiger partial charge in [0.25, 0.3) is 5.91 Å². The first-order valence-corrected chi connectivity index (χ1v) is 8.17. The van der Waals surface area contributed by atoms with E-state index in [9.17, 15) is 9.59 Å². The molecule has 130 valence electrons. The summed E-state index contributed by atoms with van der Waals surface area (Å²) >= 11 is 0. The molecule has 24 heavy (non-hydrogen) atoms. The summed E-state index contributed by atoms with van der Waals surface area (Å²) in [6, 6.07) is 5.05. The molecule has 7 nitrogen and oxygen atoms in total. The van der Waals surface area contributed by atoms with Crippen LogP contribution in [0.4, 0.5) is 0 Å². The molecule has 0 saturated carbocycles. The molecule has 1 amide bonds. The molecule has 3 rings (SSSR count). The lowest BCUT2D eigenvalue weighted by Crippen LogP contribution is -2.50. The van der Waals surface area contributed by atoms with Crippen molar-refractivity contribution in [3.05, 3.63) is 34.2 Å². The third-order valence-corrected chi connectivity index (χ3v) is 4.41. The lowest BCUT2D eigenvalue weighted by atomic mass is 10.1. The molecule has 2 aromatic rings. The summed E-state index contributed by atoms with van der Waals surface area (Å²) in [6.07, 6.45) is 0.707. The Hall–Kier alpha value is -2.12. The van der Waals surface area contributed by atoms with Crippen molar-refractivity contribution in [1.29, 1.82) is 0 Å². The molecule has 1 aromatic carbocycles. The number of rotatable bonds is 4. The summed E-state index contributed by atoms with van der Waals surface area (Å²) < 4.78 is 12.5. The van der Waals surface area contributed by atoms with Crippen molar-refractivity contribution in [2.45, 2.75) is 38.5 Å². The summed E-state index contributed by atoms with van der Waals surface area (Å²) in [6.45, 7) is 4.95. The highest BCUT2D eigenvalue weighted by Crippen LogP contribution is 2.17. The fraction of sp³-hybridized carbons (Fsp3) is 0.529. The molecule has 1 aliphatic heterocycles. The Bertz CT molecular complexity index is 793. The summed E-state index contributed by atoms with van der Waals surface area (Å²) in [4.78, 5) is 27.4. The molecule has 1 saturated heterocycles. The van der Waals surface area contributed by atoms with Gasteiger partial charge in [0.15, 0.2) is 0 Å². The number of aromatic amines is 1. The minimum absolute atomic E-state index is 0.00850. The molecule has 0 bridgehead atoms. The van der Waals surface area contributed by atoms with Crippen molar-refractivity contribution in [1.82, 2.24) is 14.9 Å². The van der Waals surface area contributed by atoms with E-state index in [2.05, 4.69) is 10.3 Å². The zero-order chi connectivity index (χ0) is 17.3. The number of aromatic nitrogens is 2. The fourth-order valence-corrected chi connectivity index (χ4v) is 3.16. The third kappa shape index (κ3) is 3.09. The number of ether oxygens (including phenoxy) is 2. The van der Waals surface area contributed by atoms with E-state index in [4.69, 9.17) is 9.47 Å². The normalized spacial score (nSPS) is 21.3. The topological polar surface area (TPSA) is 85.3 Å². The fourth-order valence-electron chi connectivity index (χ4n) is 3.16. The molecule has 0 radical (unpaired) electrons. The molecule has 1 fully saturated rings. The van der Waals surface area contributed by atoms with Crippen molar-refractivity contribution in [2.24, 2.45) is 0 Å². The minimum atomic E-state index is -0.196. The smallest absolute Gasteiger partial charge is 0.326 e. The second kappa shape index (κ2) is 6.78. The van der Waals surface area contributed by atoms with E-state index in [1.165, 1.54) is 0 Å². The second-order valence-electron chi connectivity index (χ2n) is 6.34. The molecule has 0 aliphatic carbocycles. The molecule has 1 aromatic heterocycles. The van der Waals surface area contributed by atoms with Gasteiger partial charge in [0.1, 0.15) is 0 Å². The SMILES string of the molecule is CO[C@@H]1CCOC[C@H]1NC(=O)c1ccc2[nH]c(=O)n(C(C)C)c2c1. The highest BCUT2D eigenvalue weighted by molar-refractivity contribution is 5.97. The molecule has 2 heterocycles. The average Bonchev–Trinajstić information content (AvgIpc) is 2.90. The number of hydrogen-bond donors (Lipinski definition) is 2. The number of carbonyl (C=O) groups is 1. The number of benzene rings is 1. The largest absolute Gasteiger partial charge is 0.379 e. The Labute approximate surface area is 139 Å². The van der Waals surface area contributed by atoms with Crippen LogP contribution < -0.4 is 11.0 Å². The number of amides is 1. The average molecular weight is 333 g/mol. The predicted molar refractivity (Wildman–Crippen MR) is 90.4 cm³/mol. The number of hydrogen-bond acceptors (Lipinski definition) is 4. The predicted octanol–water partition coefficient (Wildman–Crippen LogP) is 1.44. The molecule has 0 unspecified atom stereocenters. The summed E-state index contributed by atoms with van der Waals surface area (Å²) in [5, 5.41) is 2.97. The Morgan fingerprint density at radius 1 is 1.46 bits per heavy atom. The third-order valence-electron chi connectivity index (χ3n) is 4.41. The van der Waals surface area contributed by atoms with Gasteiger partial charge in [-0.2, -0.15) is 0 Å². The van der Waals surface area contributed by atoms with Crippen LogP contribution in [0.25, 0.3) is 11.0 Å².